The third-order valence-corrected chi connectivity index (χ3v) is 13.6. The van der Waals surface area contributed by atoms with Gasteiger partial charge in [-0.05, 0) is 12.8 Å². The highest BCUT2D eigenvalue weighted by Gasteiger charge is 2.48. The van der Waals surface area contributed by atoms with Crippen molar-refractivity contribution in [3.63, 3.8) is 0 Å². The second-order valence-corrected chi connectivity index (χ2v) is 19.6. The average molecular weight is 1220 g/mol. The summed E-state index contributed by atoms with van der Waals surface area (Å²) < 4.78 is 108. The number of aliphatic hydroxyl groups is 6. The zero-order chi connectivity index (χ0) is 63.0. The summed E-state index contributed by atoms with van der Waals surface area (Å²) in [6, 6.07) is 0. The number of alkyl halides is 6. The maximum absolute atomic E-state index is 12.6. The number of rotatable bonds is 12. The molecule has 0 saturated carbocycles. The van der Waals surface area contributed by atoms with Gasteiger partial charge in [-0.1, -0.05) is 27.7 Å². The van der Waals surface area contributed by atoms with Gasteiger partial charge in [0, 0.05) is 50.5 Å². The van der Waals surface area contributed by atoms with Crippen LogP contribution in [0.4, 0.5) is 26.3 Å². The van der Waals surface area contributed by atoms with E-state index in [-0.39, 0.29) is 45.3 Å². The van der Waals surface area contributed by atoms with Gasteiger partial charge >= 0.3 is 47.1 Å². The number of carbonyl (C=O) groups is 2. The summed E-state index contributed by atoms with van der Waals surface area (Å²) in [7, 11) is 0. The minimum atomic E-state index is -4.69. The number of aromatic amines is 6. The molecule has 4 aliphatic heterocycles. The van der Waals surface area contributed by atoms with E-state index in [0.29, 0.717) is 17.2 Å². The van der Waals surface area contributed by atoms with Crippen molar-refractivity contribution in [1.82, 2.24) is 39.0 Å². The quantitative estimate of drug-likeness (QED) is 0.0514. The Hall–Kier alpha value is -7.16. The molecule has 4 aromatic heterocycles. The Balaban J connectivity index is 0.000000207. The van der Waals surface area contributed by atoms with Crippen LogP contribution in [-0.2, 0) is 51.1 Å². The highest BCUT2D eigenvalue weighted by molar-refractivity contribution is 5.66. The molecule has 16 atom stereocenters. The van der Waals surface area contributed by atoms with Crippen molar-refractivity contribution in [1.29, 1.82) is 0 Å². The first-order valence-electron chi connectivity index (χ1n) is 25.5. The van der Waals surface area contributed by atoms with Gasteiger partial charge in [-0.2, -0.15) is 26.3 Å². The molecule has 12 N–H and O–H groups in total. The van der Waals surface area contributed by atoms with Crippen LogP contribution in [0.5, 0.6) is 0 Å². The zero-order valence-electron chi connectivity index (χ0n) is 45.2. The van der Waals surface area contributed by atoms with Crippen LogP contribution >= 0.6 is 0 Å². The van der Waals surface area contributed by atoms with Gasteiger partial charge in [0.05, 0.1) is 47.7 Å². The van der Waals surface area contributed by atoms with E-state index in [1.165, 1.54) is 20.0 Å². The molecule has 0 spiro atoms. The molecule has 30 nitrogen and oxygen atoms in total. The Morgan fingerprint density at radius 2 is 0.821 bits per heavy atom. The van der Waals surface area contributed by atoms with E-state index in [9.17, 15) is 94.7 Å². The lowest BCUT2D eigenvalue weighted by Gasteiger charge is -2.21. The van der Waals surface area contributed by atoms with Crippen LogP contribution < -0.4 is 45.0 Å². The van der Waals surface area contributed by atoms with Gasteiger partial charge in [0.1, 0.15) is 86.3 Å². The molecule has 84 heavy (non-hydrogen) atoms. The Labute approximate surface area is 466 Å². The topological polar surface area (TPSA) is 452 Å². The highest BCUT2D eigenvalue weighted by atomic mass is 19.4. The van der Waals surface area contributed by atoms with Crippen molar-refractivity contribution in [2.45, 2.75) is 165 Å². The first-order valence-corrected chi connectivity index (χ1v) is 25.5. The third-order valence-electron chi connectivity index (χ3n) is 13.6. The monoisotopic (exact) mass is 1220 g/mol. The molecule has 0 radical (unpaired) electrons. The molecule has 36 heteroatoms. The summed E-state index contributed by atoms with van der Waals surface area (Å²) in [5.41, 5.74) is -7.22. The fourth-order valence-corrected chi connectivity index (χ4v) is 9.57. The van der Waals surface area contributed by atoms with Crippen LogP contribution in [0.3, 0.4) is 0 Å². The summed E-state index contributed by atoms with van der Waals surface area (Å²) in [5.74, 6) is -1.31. The summed E-state index contributed by atoms with van der Waals surface area (Å²) in [4.78, 5) is 127. The zero-order valence-corrected chi connectivity index (χ0v) is 45.2. The van der Waals surface area contributed by atoms with Crippen molar-refractivity contribution in [2.75, 3.05) is 13.2 Å². The number of hydrogen-bond acceptors (Lipinski definition) is 22. The molecule has 0 amide bonds. The fraction of sp³-hybridized carbons (Fsp3) is 0.625. The molecule has 4 fully saturated rings. The summed E-state index contributed by atoms with van der Waals surface area (Å²) in [6.45, 7) is 5.68. The van der Waals surface area contributed by atoms with E-state index in [2.05, 4.69) is 15.0 Å². The largest absolute Gasteiger partial charge is 0.459 e. The normalized spacial score (nSPS) is 29.2. The van der Waals surface area contributed by atoms with Gasteiger partial charge in [-0.3, -0.25) is 57.8 Å². The Morgan fingerprint density at radius 1 is 0.512 bits per heavy atom. The van der Waals surface area contributed by atoms with Gasteiger partial charge < -0.3 is 69.0 Å². The number of aliphatic hydroxyl groups excluding tert-OH is 6. The van der Waals surface area contributed by atoms with Crippen molar-refractivity contribution in [2.24, 2.45) is 11.8 Å². The number of halogens is 6. The van der Waals surface area contributed by atoms with Crippen molar-refractivity contribution in [3.8, 4) is 0 Å². The van der Waals surface area contributed by atoms with Crippen LogP contribution in [0, 0.1) is 11.8 Å². The molecule has 4 aromatic rings. The molecule has 0 aliphatic carbocycles. The van der Waals surface area contributed by atoms with Crippen molar-refractivity contribution >= 4 is 11.9 Å². The van der Waals surface area contributed by atoms with Crippen LogP contribution in [-0.4, -0.2) is 168 Å². The van der Waals surface area contributed by atoms with E-state index in [4.69, 9.17) is 38.6 Å². The van der Waals surface area contributed by atoms with Gasteiger partial charge in [-0.25, -0.2) is 19.2 Å². The van der Waals surface area contributed by atoms with Gasteiger partial charge in [0.25, 0.3) is 22.2 Å². The van der Waals surface area contributed by atoms with Gasteiger partial charge in [0.2, 0.25) is 0 Å². The van der Waals surface area contributed by atoms with Crippen LogP contribution in [0.25, 0.3) is 0 Å². The summed E-state index contributed by atoms with van der Waals surface area (Å²) in [6.07, 6.45) is -18.1. The lowest BCUT2D eigenvalue weighted by atomic mass is 9.94. The third kappa shape index (κ3) is 16.6. The van der Waals surface area contributed by atoms with Crippen LogP contribution in [0.1, 0.15) is 101 Å². The second kappa shape index (κ2) is 28.2. The Morgan fingerprint density at radius 3 is 1.13 bits per heavy atom. The fourth-order valence-electron chi connectivity index (χ4n) is 9.57. The molecule has 8 rings (SSSR count). The second-order valence-electron chi connectivity index (χ2n) is 19.6. The molecule has 0 aromatic carbocycles. The number of aromatic nitrogens is 8. The number of carbonyl (C=O) groups excluding carboxylic acids is 2. The predicted octanol–water partition coefficient (Wildman–Crippen LogP) is -2.53. The van der Waals surface area contributed by atoms with Crippen molar-refractivity contribution < 1.29 is 95.0 Å². The van der Waals surface area contributed by atoms with E-state index < -0.39 is 174 Å². The SMILES string of the molecule is CC[C@H]1O[C@@H](c2c[nH]c(=O)[nH]c2=O)[C@H](OC(C)=O)[C@@H]1C.CC[C@H]1O[C@@H](c2cn(CC(F)(F)F)c(=O)[nH]c2=O)[C@H](OC(C)=O)[C@@H]1C.O=c1[nH]c(=O)n(CC(F)(F)F)cc1[C@@H]1O[C@H](CO)[C@@H](O)[C@H]1O.O=c1[nH]cc([C@@H]2O[C@H](CO)[C@@H](O)[C@H]2O)c(=O)[nH]1. The lowest BCUT2D eigenvalue weighted by molar-refractivity contribution is -0.151. The molecular formula is C48H62F6N8O22. The van der Waals surface area contributed by atoms with E-state index in [0.717, 1.165) is 18.8 Å². The number of nitrogens with zero attached hydrogens (tertiary/aromatic N) is 2. The van der Waals surface area contributed by atoms with Gasteiger partial charge in [0.15, 0.2) is 0 Å². The molecule has 0 bridgehead atoms. The molecular weight excluding hydrogens is 1150 g/mol. The minimum Gasteiger partial charge on any atom is -0.459 e. The molecule has 0 unspecified atom stereocenters. The van der Waals surface area contributed by atoms with E-state index >= 15 is 0 Å². The molecule has 8 heterocycles. The van der Waals surface area contributed by atoms with Gasteiger partial charge in [-0.15, -0.1) is 0 Å². The van der Waals surface area contributed by atoms with Crippen LogP contribution in [0.2, 0.25) is 0 Å². The Kier molecular flexibility index (Phi) is 22.7. The number of ether oxygens (including phenoxy) is 6. The Bertz CT molecular complexity index is 3410. The molecule has 468 valence electrons. The number of nitrogens with one attached hydrogen (secondary N) is 6. The lowest BCUT2D eigenvalue weighted by Crippen LogP contribution is -2.38. The number of esters is 2. The molecule has 4 aliphatic rings. The standard InChI is InChI=1S/C15H19F3N2O5.C13H18N2O5.C11H13F3N2O6.C9H12N2O6/c1-4-10-7(2)11(24-8(3)21)12(25-10)9-5-20(6-15(16,17)18)14(23)19-13(9)22;1-4-9-6(2)10(19-7(3)16)11(20-9)8-5-14-13(18)15-12(8)17;12-11(13,14)3-16-1-4(9(20)15-10(16)21)8-7(19)6(18)5(2-17)22-8;12-2-4-5(13)6(14)7(17-4)3-1-10-9(16)11-8(3)15/h5,7,10-12H,4,6H2,1-3H3,(H,19,22,23);5-6,9-11H,4H2,1-3H3,(H2,14,15,17,18);1,5-8,17-19H,2-3H2,(H,15,20,21);1,4-7,12-14H,2H2,(H2,10,11,15,16)/t7-,10-,11-,12+;6-,9-,10-,11+;5-,6-,7-,8+;4-,5-,6-,7+/m1111/s1. The summed E-state index contributed by atoms with van der Waals surface area (Å²) in [5, 5.41) is 56.4. The van der Waals surface area contributed by atoms with Crippen LogP contribution in [0.15, 0.2) is 63.1 Å². The first-order chi connectivity index (χ1) is 39.1. The predicted molar refractivity (Wildman–Crippen MR) is 269 cm³/mol. The highest BCUT2D eigenvalue weighted by Crippen LogP contribution is 2.41. The number of H-pyrrole nitrogens is 6. The summed E-state index contributed by atoms with van der Waals surface area (Å²) >= 11 is 0. The van der Waals surface area contributed by atoms with Crippen molar-refractivity contribution in [3.05, 3.63) is 130 Å². The maximum Gasteiger partial charge on any atom is 0.406 e. The number of hydrogen-bond donors (Lipinski definition) is 12. The first kappa shape index (κ1) is 67.6. The maximum atomic E-state index is 12.6. The van der Waals surface area contributed by atoms with E-state index in [1.54, 1.807) is 11.9 Å². The van der Waals surface area contributed by atoms with E-state index in [1.807, 2.05) is 30.7 Å². The average Bonchev–Trinajstić information content (AvgIpc) is 3.20. The minimum absolute atomic E-state index is 0.00731. The molecule has 4 saturated heterocycles. The smallest absolute Gasteiger partial charge is 0.406 e.